The summed E-state index contributed by atoms with van der Waals surface area (Å²) in [5.41, 5.74) is 1.82. The van der Waals surface area contributed by atoms with Gasteiger partial charge in [-0.1, -0.05) is 217 Å². The number of rotatable bonds is 14. The minimum atomic E-state index is -0.463. The van der Waals surface area contributed by atoms with Crippen molar-refractivity contribution in [2.75, 3.05) is 23.9 Å². The van der Waals surface area contributed by atoms with Crippen molar-refractivity contribution in [1.29, 1.82) is 0 Å². The normalized spacial score (nSPS) is 16.0. The van der Waals surface area contributed by atoms with Gasteiger partial charge in [0.05, 0.1) is 18.6 Å². The highest BCUT2D eigenvalue weighted by molar-refractivity contribution is 9.15. The van der Waals surface area contributed by atoms with Crippen molar-refractivity contribution in [3.63, 3.8) is 0 Å². The van der Waals surface area contributed by atoms with Gasteiger partial charge in [0.25, 0.3) is 0 Å². The van der Waals surface area contributed by atoms with Crippen molar-refractivity contribution in [2.45, 2.75) is 48.2 Å². The van der Waals surface area contributed by atoms with Crippen LogP contribution in [0.5, 0.6) is 11.5 Å². The molecule has 0 saturated heterocycles. The van der Waals surface area contributed by atoms with E-state index in [0.29, 0.717) is 13.2 Å². The maximum Gasteiger partial charge on any atom is 0.142 e. The summed E-state index contributed by atoms with van der Waals surface area (Å²) in [5, 5.41) is 5.74. The van der Waals surface area contributed by atoms with Crippen LogP contribution < -0.4 is 9.47 Å². The van der Waals surface area contributed by atoms with E-state index in [-0.39, 0.29) is 29.0 Å². The smallest absolute Gasteiger partial charge is 0.142 e. The van der Waals surface area contributed by atoms with E-state index in [0.717, 1.165) is 81.7 Å². The molecule has 0 aliphatic carbocycles. The van der Waals surface area contributed by atoms with Crippen LogP contribution in [0, 0.1) is 0 Å². The molecule has 4 aromatic carbocycles. The van der Waals surface area contributed by atoms with E-state index < -0.39 is 5.41 Å². The van der Waals surface area contributed by atoms with E-state index in [1.165, 1.54) is 0 Å². The van der Waals surface area contributed by atoms with Crippen LogP contribution in [0.25, 0.3) is 21.5 Å². The van der Waals surface area contributed by atoms with E-state index in [4.69, 9.17) is 9.47 Å². The standard InChI is InChI=1S/C33H26Br14O2/c1-33(2,13-3-5-15(36)27-25(13)17(38)7-19(40)31(27)48-11-23(44)29(46)21(42)9-34)14-4-6-16(37)28-26(14)18(39)8-20(41)32(28)49-12-24(45)30(47)22(43)10-35/h3-8,21-24,29-30H,9-12H2,1-2H3. The summed E-state index contributed by atoms with van der Waals surface area (Å²) >= 11 is 53.1. The lowest BCUT2D eigenvalue weighted by Gasteiger charge is -2.31. The zero-order chi connectivity index (χ0) is 36.5. The second-order valence-corrected chi connectivity index (χ2v) is 24.8. The third-order valence-electron chi connectivity index (χ3n) is 7.98. The molecule has 0 aromatic heterocycles. The van der Waals surface area contributed by atoms with Gasteiger partial charge < -0.3 is 9.47 Å². The van der Waals surface area contributed by atoms with Gasteiger partial charge in [0, 0.05) is 74.8 Å². The Bertz CT molecular complexity index is 1690. The van der Waals surface area contributed by atoms with Crippen LogP contribution >= 0.6 is 223 Å². The minimum absolute atomic E-state index is 0.0613. The van der Waals surface area contributed by atoms with Gasteiger partial charge in [-0.25, -0.2) is 0 Å². The Morgan fingerprint density at radius 1 is 0.490 bits per heavy atom. The van der Waals surface area contributed by atoms with E-state index in [2.05, 4.69) is 273 Å². The van der Waals surface area contributed by atoms with E-state index in [1.807, 2.05) is 0 Å². The molecule has 0 spiro atoms. The Balaban J connectivity index is 1.87. The molecule has 4 aromatic rings. The second kappa shape index (κ2) is 19.9. The maximum atomic E-state index is 6.60. The molecule has 6 atom stereocenters. The predicted molar refractivity (Wildman–Crippen MR) is 261 cm³/mol. The number of halogens is 14. The van der Waals surface area contributed by atoms with Crippen molar-refractivity contribution in [1.82, 2.24) is 0 Å². The fraction of sp³-hybridized carbons (Fsp3) is 0.394. The fourth-order valence-electron chi connectivity index (χ4n) is 5.43. The number of benzene rings is 4. The van der Waals surface area contributed by atoms with Gasteiger partial charge in [0.15, 0.2) is 0 Å². The molecule has 0 aliphatic heterocycles. The Kier molecular flexibility index (Phi) is 18.5. The SMILES string of the molecule is CC(C)(c1ccc(Br)c2c(OCC(Br)C(Br)C(Br)CBr)c(Br)cc(Br)c12)c1ccc(Br)c2c(OCC(Br)C(Br)C(Br)CBr)c(Br)cc(Br)c12. The monoisotopic (exact) mass is 1560 g/mol. The van der Waals surface area contributed by atoms with Gasteiger partial charge in [-0.2, -0.15) is 0 Å². The van der Waals surface area contributed by atoms with Crippen LogP contribution in [-0.4, -0.2) is 52.8 Å². The quantitative estimate of drug-likeness (QED) is 0.117. The molecule has 268 valence electrons. The lowest BCUT2D eigenvalue weighted by Crippen LogP contribution is -2.30. The zero-order valence-corrected chi connectivity index (χ0v) is 47.6. The summed E-state index contributed by atoms with van der Waals surface area (Å²) < 4.78 is 18.7. The Hall–Kier alpha value is 3.72. The van der Waals surface area contributed by atoms with Gasteiger partial charge in [-0.05, 0) is 67.3 Å². The van der Waals surface area contributed by atoms with Crippen LogP contribution in [0.15, 0.2) is 63.2 Å². The van der Waals surface area contributed by atoms with Gasteiger partial charge in [-0.15, -0.1) is 0 Å². The number of hydrogen-bond acceptors (Lipinski definition) is 2. The van der Waals surface area contributed by atoms with Crippen molar-refractivity contribution in [2.24, 2.45) is 0 Å². The molecule has 16 heteroatoms. The molecule has 0 bridgehead atoms. The third kappa shape index (κ3) is 10.2. The largest absolute Gasteiger partial charge is 0.490 e. The minimum Gasteiger partial charge on any atom is -0.490 e. The van der Waals surface area contributed by atoms with Gasteiger partial charge in [0.1, 0.15) is 24.7 Å². The van der Waals surface area contributed by atoms with Gasteiger partial charge >= 0.3 is 0 Å². The highest BCUT2D eigenvalue weighted by Gasteiger charge is 2.33. The van der Waals surface area contributed by atoms with Crippen LogP contribution in [0.3, 0.4) is 0 Å². The first-order valence-electron chi connectivity index (χ1n) is 14.4. The first-order chi connectivity index (χ1) is 23.0. The first kappa shape index (κ1) is 45.4. The maximum absolute atomic E-state index is 6.60. The van der Waals surface area contributed by atoms with E-state index >= 15 is 0 Å². The number of hydrogen-bond donors (Lipinski definition) is 0. The molecule has 4 rings (SSSR count). The molecule has 0 N–H and O–H groups in total. The van der Waals surface area contributed by atoms with Crippen LogP contribution in [0.2, 0.25) is 0 Å². The van der Waals surface area contributed by atoms with Crippen molar-refractivity contribution < 1.29 is 9.47 Å². The molecule has 0 saturated carbocycles. The predicted octanol–water partition coefficient (Wildman–Crippen LogP) is 17.0. The van der Waals surface area contributed by atoms with Crippen molar-refractivity contribution in [3.05, 3.63) is 74.4 Å². The van der Waals surface area contributed by atoms with Crippen LogP contribution in [-0.2, 0) is 5.41 Å². The molecule has 49 heavy (non-hydrogen) atoms. The Morgan fingerprint density at radius 3 is 1.16 bits per heavy atom. The summed E-state index contributed by atoms with van der Waals surface area (Å²) in [6.07, 6.45) is 0. The van der Waals surface area contributed by atoms with Gasteiger partial charge in [0.2, 0.25) is 0 Å². The second-order valence-electron chi connectivity index (χ2n) is 11.5. The molecule has 6 unspecified atom stereocenters. The molecule has 0 heterocycles. The summed E-state index contributed by atoms with van der Waals surface area (Å²) in [6, 6.07) is 12.8. The molecule has 0 radical (unpaired) electrons. The average molecular weight is 1570 g/mol. The Labute approximate surface area is 405 Å². The van der Waals surface area contributed by atoms with Gasteiger partial charge in [-0.3, -0.25) is 0 Å². The molecule has 0 aliphatic rings. The molecule has 2 nitrogen and oxygen atoms in total. The average Bonchev–Trinajstić information content (AvgIpc) is 3.06. The zero-order valence-electron chi connectivity index (χ0n) is 25.4. The summed E-state index contributed by atoms with van der Waals surface area (Å²) in [5.74, 6) is 1.55. The number of ether oxygens (including phenoxy) is 2. The highest BCUT2D eigenvalue weighted by atomic mass is 79.9. The van der Waals surface area contributed by atoms with Crippen LogP contribution in [0.4, 0.5) is 0 Å². The topological polar surface area (TPSA) is 18.5 Å². The highest BCUT2D eigenvalue weighted by Crippen LogP contribution is 2.51. The molecular formula is C33H26Br14O2. The number of alkyl halides is 8. The molecule has 0 amide bonds. The molecule has 0 fully saturated rings. The van der Waals surface area contributed by atoms with E-state index in [9.17, 15) is 0 Å². The number of fused-ring (bicyclic) bond motifs is 2. The summed E-state index contributed by atoms with van der Waals surface area (Å²) in [6.45, 7) is 5.45. The van der Waals surface area contributed by atoms with Crippen LogP contribution in [0.1, 0.15) is 25.0 Å². The lowest BCUT2D eigenvalue weighted by atomic mass is 9.74. The fourth-order valence-corrected chi connectivity index (χ4v) is 14.5. The summed E-state index contributed by atoms with van der Waals surface area (Å²) in [4.78, 5) is 0.900. The molecular weight excluding hydrogens is 1550 g/mol. The first-order valence-corrected chi connectivity index (χ1v) is 26.9. The Morgan fingerprint density at radius 2 is 0.837 bits per heavy atom. The van der Waals surface area contributed by atoms with Crippen molar-refractivity contribution in [3.8, 4) is 11.5 Å². The van der Waals surface area contributed by atoms with Crippen molar-refractivity contribution >= 4 is 245 Å². The summed E-state index contributed by atoms with van der Waals surface area (Å²) in [7, 11) is 0. The lowest BCUT2D eigenvalue weighted by molar-refractivity contribution is 0.319. The third-order valence-corrected chi connectivity index (χ3v) is 23.7. The van der Waals surface area contributed by atoms with E-state index in [1.54, 1.807) is 0 Å².